The van der Waals surface area contributed by atoms with Gasteiger partial charge in [0.05, 0.1) is 6.42 Å². The highest BCUT2D eigenvalue weighted by Crippen LogP contribution is 1.73. The third kappa shape index (κ3) is 4.92. The molecule has 0 unspecified atom stereocenters. The molecule has 0 rings (SSSR count). The van der Waals surface area contributed by atoms with Crippen LogP contribution in [0.4, 0.5) is 0 Å². The number of rotatable bonds is 2. The van der Waals surface area contributed by atoms with Crippen molar-refractivity contribution in [3.05, 3.63) is 6.08 Å². The molecule has 0 aliphatic heterocycles. The molecule has 0 fully saturated rings. The Labute approximate surface area is 40.8 Å². The van der Waals surface area contributed by atoms with Gasteiger partial charge in [-0.1, -0.05) is 0 Å². The van der Waals surface area contributed by atoms with Gasteiger partial charge in [0.1, 0.15) is 0 Å². The van der Waals surface area contributed by atoms with E-state index < -0.39 is 5.97 Å². The normalized spacial score (nSPS) is 6.86. The molecule has 3 nitrogen and oxygen atoms in total. The SMILES string of the molecule is N=C=CCC(=O)O. The molecule has 0 heterocycles. The summed E-state index contributed by atoms with van der Waals surface area (Å²) in [5.74, 6) is 0.912. The van der Waals surface area contributed by atoms with E-state index in [1.165, 1.54) is 0 Å². The predicted octanol–water partition coefficient (Wildman–Crippen LogP) is 0.266. The minimum atomic E-state index is -0.931. The molecule has 0 aromatic rings. The molecule has 38 valence electrons. The van der Waals surface area contributed by atoms with Crippen molar-refractivity contribution in [2.75, 3.05) is 0 Å². The van der Waals surface area contributed by atoms with Crippen LogP contribution in [0.1, 0.15) is 6.42 Å². The molecular weight excluding hydrogens is 94.0 g/mol. The van der Waals surface area contributed by atoms with Crippen molar-refractivity contribution in [1.82, 2.24) is 0 Å². The Morgan fingerprint density at radius 1 is 2.00 bits per heavy atom. The zero-order chi connectivity index (χ0) is 5.70. The molecule has 0 saturated carbocycles. The Morgan fingerprint density at radius 2 is 2.57 bits per heavy atom. The van der Waals surface area contributed by atoms with Crippen LogP contribution in [0, 0.1) is 5.41 Å². The van der Waals surface area contributed by atoms with Gasteiger partial charge in [0.15, 0.2) is 0 Å². The average Bonchev–Trinajstić information content (AvgIpc) is 1.61. The summed E-state index contributed by atoms with van der Waals surface area (Å²) in [7, 11) is 0. The van der Waals surface area contributed by atoms with E-state index in [-0.39, 0.29) is 6.42 Å². The molecule has 0 radical (unpaired) electrons. The lowest BCUT2D eigenvalue weighted by molar-refractivity contribution is -0.135. The molecule has 0 aliphatic carbocycles. The zero-order valence-electron chi connectivity index (χ0n) is 3.64. The lowest BCUT2D eigenvalue weighted by atomic mass is 10.4. The van der Waals surface area contributed by atoms with Crippen LogP contribution in [0.5, 0.6) is 0 Å². The van der Waals surface area contributed by atoms with Crippen molar-refractivity contribution in [2.24, 2.45) is 0 Å². The highest BCUT2D eigenvalue weighted by molar-refractivity contribution is 5.71. The van der Waals surface area contributed by atoms with Crippen LogP contribution in [0.15, 0.2) is 6.08 Å². The number of carboxylic acid groups (broad SMARTS) is 1. The fourth-order valence-electron chi connectivity index (χ4n) is 0.138. The number of aliphatic carboxylic acids is 1. The van der Waals surface area contributed by atoms with Gasteiger partial charge in [-0.3, -0.25) is 10.2 Å². The highest BCUT2D eigenvalue weighted by Gasteiger charge is 1.85. The molecule has 0 amide bonds. The van der Waals surface area contributed by atoms with E-state index in [9.17, 15) is 4.79 Å². The van der Waals surface area contributed by atoms with E-state index >= 15 is 0 Å². The third-order valence-electron chi connectivity index (χ3n) is 0.379. The number of hydrogen-bond acceptors (Lipinski definition) is 2. The Hall–Kier alpha value is -1.08. The van der Waals surface area contributed by atoms with Gasteiger partial charge in [-0.15, -0.1) is 0 Å². The van der Waals surface area contributed by atoms with Crippen LogP contribution in [-0.4, -0.2) is 16.9 Å². The number of carboxylic acids is 1. The van der Waals surface area contributed by atoms with E-state index in [1.807, 2.05) is 5.87 Å². The molecule has 0 atom stereocenters. The standard InChI is InChI=1S/C4H5NO2/c5-3-1-2-4(6)7/h1,5H,2H2,(H,6,7). The lowest BCUT2D eigenvalue weighted by Gasteiger charge is -1.74. The Balaban J connectivity index is 3.32. The first-order valence-corrected chi connectivity index (χ1v) is 1.73. The first-order chi connectivity index (χ1) is 3.27. The third-order valence-corrected chi connectivity index (χ3v) is 0.379. The fourth-order valence-corrected chi connectivity index (χ4v) is 0.138. The van der Waals surface area contributed by atoms with Gasteiger partial charge < -0.3 is 5.11 Å². The van der Waals surface area contributed by atoms with Crippen LogP contribution in [0.3, 0.4) is 0 Å². The second-order valence-corrected chi connectivity index (χ2v) is 0.946. The molecule has 3 heteroatoms. The molecule has 0 aromatic carbocycles. The summed E-state index contributed by atoms with van der Waals surface area (Å²) < 4.78 is 0. The summed E-state index contributed by atoms with van der Waals surface area (Å²) in [4.78, 5) is 9.60. The molecule has 0 bridgehead atoms. The summed E-state index contributed by atoms with van der Waals surface area (Å²) in [5, 5.41) is 14.1. The highest BCUT2D eigenvalue weighted by atomic mass is 16.4. The molecule has 0 spiro atoms. The van der Waals surface area contributed by atoms with Crippen LogP contribution < -0.4 is 0 Å². The molecule has 2 N–H and O–H groups in total. The number of hydrogen-bond donors (Lipinski definition) is 2. The zero-order valence-corrected chi connectivity index (χ0v) is 3.64. The first-order valence-electron chi connectivity index (χ1n) is 1.73. The number of nitrogens with one attached hydrogen (secondary N) is 1. The average molecular weight is 99.1 g/mol. The maximum atomic E-state index is 9.60. The first kappa shape index (κ1) is 5.92. The minimum absolute atomic E-state index is 0.108. The summed E-state index contributed by atoms with van der Waals surface area (Å²) in [5.41, 5.74) is 0. The molecule has 0 saturated heterocycles. The monoisotopic (exact) mass is 99.0 g/mol. The van der Waals surface area contributed by atoms with Gasteiger partial charge in [0, 0.05) is 0 Å². The van der Waals surface area contributed by atoms with E-state index in [0.29, 0.717) is 0 Å². The van der Waals surface area contributed by atoms with E-state index in [2.05, 4.69) is 0 Å². The smallest absolute Gasteiger partial charge is 0.307 e. The second-order valence-electron chi connectivity index (χ2n) is 0.946. The summed E-state index contributed by atoms with van der Waals surface area (Å²) >= 11 is 0. The molecular formula is C4H5NO2. The van der Waals surface area contributed by atoms with Crippen molar-refractivity contribution in [2.45, 2.75) is 6.42 Å². The van der Waals surface area contributed by atoms with Crippen molar-refractivity contribution in [3.8, 4) is 0 Å². The van der Waals surface area contributed by atoms with Crippen LogP contribution >= 0.6 is 0 Å². The molecule has 0 aromatic heterocycles. The van der Waals surface area contributed by atoms with E-state index in [1.54, 1.807) is 0 Å². The van der Waals surface area contributed by atoms with Crippen molar-refractivity contribution in [3.63, 3.8) is 0 Å². The maximum absolute atomic E-state index is 9.60. The van der Waals surface area contributed by atoms with Gasteiger partial charge in [-0.2, -0.15) is 0 Å². The summed E-state index contributed by atoms with van der Waals surface area (Å²) in [6.07, 6.45) is 1.03. The van der Waals surface area contributed by atoms with Gasteiger partial charge in [-0.25, -0.2) is 0 Å². The van der Waals surface area contributed by atoms with Gasteiger partial charge in [-0.05, 0) is 11.9 Å². The summed E-state index contributed by atoms with van der Waals surface area (Å²) in [6.45, 7) is 0. The van der Waals surface area contributed by atoms with E-state index in [4.69, 9.17) is 10.5 Å². The Morgan fingerprint density at radius 3 is 2.71 bits per heavy atom. The van der Waals surface area contributed by atoms with Gasteiger partial charge in [0.25, 0.3) is 0 Å². The van der Waals surface area contributed by atoms with Crippen molar-refractivity contribution < 1.29 is 9.90 Å². The Bertz CT molecular complexity index is 113. The molecule has 7 heavy (non-hydrogen) atoms. The lowest BCUT2D eigenvalue weighted by Crippen LogP contribution is -1.89. The minimum Gasteiger partial charge on any atom is -0.481 e. The Kier molecular flexibility index (Phi) is 2.64. The maximum Gasteiger partial charge on any atom is 0.307 e. The molecule has 0 aliphatic rings. The van der Waals surface area contributed by atoms with Crippen LogP contribution in [-0.2, 0) is 4.79 Å². The fraction of sp³-hybridized carbons (Fsp3) is 0.250. The predicted molar refractivity (Wildman–Crippen MR) is 24.5 cm³/mol. The second kappa shape index (κ2) is 3.12. The number of carbonyl (C=O) groups is 1. The largest absolute Gasteiger partial charge is 0.481 e. The van der Waals surface area contributed by atoms with Gasteiger partial charge in [0.2, 0.25) is 0 Å². The van der Waals surface area contributed by atoms with Crippen molar-refractivity contribution >= 4 is 11.8 Å². The topological polar surface area (TPSA) is 61.2 Å². The van der Waals surface area contributed by atoms with E-state index in [0.717, 1.165) is 6.08 Å². The van der Waals surface area contributed by atoms with Crippen LogP contribution in [0.2, 0.25) is 0 Å². The quantitative estimate of drug-likeness (QED) is 0.488. The summed E-state index contributed by atoms with van der Waals surface area (Å²) in [6, 6.07) is 0. The van der Waals surface area contributed by atoms with Crippen LogP contribution in [0.25, 0.3) is 0 Å². The van der Waals surface area contributed by atoms with Gasteiger partial charge >= 0.3 is 5.97 Å². The van der Waals surface area contributed by atoms with Crippen molar-refractivity contribution in [1.29, 1.82) is 5.41 Å².